The van der Waals surface area contributed by atoms with Crippen molar-refractivity contribution >= 4 is 17.5 Å². The minimum Gasteiger partial charge on any atom is -0.491 e. The second kappa shape index (κ2) is 8.32. The fraction of sp³-hybridized carbons (Fsp3) is 0.316. The van der Waals surface area contributed by atoms with Crippen LogP contribution in [0.1, 0.15) is 28.8 Å². The summed E-state index contributed by atoms with van der Waals surface area (Å²) in [4.78, 5) is 12.1. The number of carbonyl (C=O) groups excluding carboxylic acids is 1. The van der Waals surface area contributed by atoms with Crippen LogP contribution in [-0.4, -0.2) is 25.2 Å². The van der Waals surface area contributed by atoms with Gasteiger partial charge in [0.05, 0.1) is 11.7 Å². The van der Waals surface area contributed by atoms with Gasteiger partial charge < -0.3 is 14.8 Å². The third kappa shape index (κ3) is 4.94. The fourth-order valence-corrected chi connectivity index (χ4v) is 2.79. The molecule has 1 atom stereocenters. The van der Waals surface area contributed by atoms with E-state index in [2.05, 4.69) is 5.32 Å². The van der Waals surface area contributed by atoms with Crippen molar-refractivity contribution in [3.05, 3.63) is 64.4 Å². The van der Waals surface area contributed by atoms with Crippen LogP contribution in [0.25, 0.3) is 0 Å². The Balaban J connectivity index is 1.51. The molecule has 4 nitrogen and oxygen atoms in total. The van der Waals surface area contributed by atoms with E-state index in [1.54, 1.807) is 0 Å². The Morgan fingerprint density at radius 2 is 2.08 bits per heavy atom. The predicted molar refractivity (Wildman–Crippen MR) is 93.5 cm³/mol. The van der Waals surface area contributed by atoms with Crippen LogP contribution in [-0.2, 0) is 11.3 Å². The first-order chi connectivity index (χ1) is 12.1. The van der Waals surface area contributed by atoms with Gasteiger partial charge in [0, 0.05) is 18.2 Å². The summed E-state index contributed by atoms with van der Waals surface area (Å²) in [6, 6.07) is 11.3. The lowest BCUT2D eigenvalue weighted by molar-refractivity contribution is 0.0679. The number of hydrogen-bond acceptors (Lipinski definition) is 3. The lowest BCUT2D eigenvalue weighted by atomic mass is 10.1. The van der Waals surface area contributed by atoms with Crippen molar-refractivity contribution in [1.29, 1.82) is 0 Å². The molecule has 1 aliphatic rings. The number of hydrogen-bond donors (Lipinski definition) is 1. The molecule has 132 valence electrons. The molecule has 1 aliphatic heterocycles. The molecule has 1 heterocycles. The molecule has 0 spiro atoms. The van der Waals surface area contributed by atoms with E-state index in [0.717, 1.165) is 30.8 Å². The molecule has 0 bridgehead atoms. The maximum atomic E-state index is 13.7. The number of carbonyl (C=O) groups is 1. The standard InChI is InChI=1S/C19H19ClFNO3/c20-14-5-8-18(21)17(10-14)19(23)22-11-13-3-6-15(7-4-13)25-12-16-2-1-9-24-16/h3-8,10,16H,1-2,9,11-12H2,(H,22,23). The highest BCUT2D eigenvalue weighted by Gasteiger charge is 2.16. The first-order valence-electron chi connectivity index (χ1n) is 8.18. The summed E-state index contributed by atoms with van der Waals surface area (Å²) < 4.78 is 24.9. The van der Waals surface area contributed by atoms with Gasteiger partial charge in [-0.25, -0.2) is 4.39 Å². The fourth-order valence-electron chi connectivity index (χ4n) is 2.62. The normalized spacial score (nSPS) is 16.6. The van der Waals surface area contributed by atoms with Gasteiger partial charge in [-0.3, -0.25) is 4.79 Å². The van der Waals surface area contributed by atoms with Gasteiger partial charge in [-0.05, 0) is 48.7 Å². The van der Waals surface area contributed by atoms with E-state index in [4.69, 9.17) is 21.1 Å². The summed E-state index contributed by atoms with van der Waals surface area (Å²) in [5.74, 6) is -0.343. The molecule has 1 N–H and O–H groups in total. The van der Waals surface area contributed by atoms with Crippen LogP contribution < -0.4 is 10.1 Å². The topological polar surface area (TPSA) is 47.6 Å². The molecule has 3 rings (SSSR count). The van der Waals surface area contributed by atoms with Gasteiger partial charge in [0.1, 0.15) is 18.2 Å². The number of benzene rings is 2. The Morgan fingerprint density at radius 1 is 1.28 bits per heavy atom. The Bertz CT molecular complexity index is 730. The number of ether oxygens (including phenoxy) is 2. The van der Waals surface area contributed by atoms with Crippen molar-refractivity contribution in [3.8, 4) is 5.75 Å². The summed E-state index contributed by atoms with van der Waals surface area (Å²) in [5.41, 5.74) is 0.823. The maximum Gasteiger partial charge on any atom is 0.254 e. The summed E-state index contributed by atoms with van der Waals surface area (Å²) in [6.45, 7) is 1.64. The van der Waals surface area contributed by atoms with E-state index < -0.39 is 11.7 Å². The zero-order chi connectivity index (χ0) is 17.6. The van der Waals surface area contributed by atoms with Gasteiger partial charge in [-0.15, -0.1) is 0 Å². The molecular formula is C19H19ClFNO3. The molecule has 1 amide bonds. The highest BCUT2D eigenvalue weighted by molar-refractivity contribution is 6.31. The molecular weight excluding hydrogens is 345 g/mol. The third-order valence-electron chi connectivity index (χ3n) is 4.01. The van der Waals surface area contributed by atoms with Crippen LogP contribution >= 0.6 is 11.6 Å². The third-order valence-corrected chi connectivity index (χ3v) is 4.24. The molecule has 25 heavy (non-hydrogen) atoms. The average Bonchev–Trinajstić information content (AvgIpc) is 3.14. The van der Waals surface area contributed by atoms with Crippen molar-refractivity contribution < 1.29 is 18.7 Å². The molecule has 1 unspecified atom stereocenters. The zero-order valence-corrected chi connectivity index (χ0v) is 14.4. The van der Waals surface area contributed by atoms with Gasteiger partial charge in [-0.1, -0.05) is 23.7 Å². The van der Waals surface area contributed by atoms with Gasteiger partial charge >= 0.3 is 0 Å². The SMILES string of the molecule is O=C(NCc1ccc(OCC2CCCO2)cc1)c1cc(Cl)ccc1F. The van der Waals surface area contributed by atoms with Crippen molar-refractivity contribution in [2.24, 2.45) is 0 Å². The van der Waals surface area contributed by atoms with Crippen molar-refractivity contribution in [3.63, 3.8) is 0 Å². The summed E-state index contributed by atoms with van der Waals surface area (Å²) in [7, 11) is 0. The van der Waals surface area contributed by atoms with Crippen LogP contribution in [0.2, 0.25) is 5.02 Å². The van der Waals surface area contributed by atoms with Crippen molar-refractivity contribution in [2.75, 3.05) is 13.2 Å². The van der Waals surface area contributed by atoms with Crippen molar-refractivity contribution in [1.82, 2.24) is 5.32 Å². The van der Waals surface area contributed by atoms with Crippen LogP contribution in [0.4, 0.5) is 4.39 Å². The highest BCUT2D eigenvalue weighted by Crippen LogP contribution is 2.17. The molecule has 0 radical (unpaired) electrons. The molecule has 1 fully saturated rings. The van der Waals surface area contributed by atoms with Gasteiger partial charge in [-0.2, -0.15) is 0 Å². The highest BCUT2D eigenvalue weighted by atomic mass is 35.5. The Hall–Kier alpha value is -2.11. The lowest BCUT2D eigenvalue weighted by Crippen LogP contribution is -2.23. The smallest absolute Gasteiger partial charge is 0.254 e. The lowest BCUT2D eigenvalue weighted by Gasteiger charge is -2.12. The van der Waals surface area contributed by atoms with E-state index in [1.165, 1.54) is 18.2 Å². The molecule has 6 heteroatoms. The van der Waals surface area contributed by atoms with E-state index in [1.807, 2.05) is 24.3 Å². The van der Waals surface area contributed by atoms with E-state index in [9.17, 15) is 9.18 Å². The Labute approximate surface area is 150 Å². The molecule has 2 aromatic rings. The molecule has 0 aromatic heterocycles. The van der Waals surface area contributed by atoms with Crippen LogP contribution in [0.15, 0.2) is 42.5 Å². The molecule has 2 aromatic carbocycles. The van der Waals surface area contributed by atoms with Crippen LogP contribution in [0.5, 0.6) is 5.75 Å². The maximum absolute atomic E-state index is 13.7. The Kier molecular flexibility index (Phi) is 5.89. The second-order valence-electron chi connectivity index (χ2n) is 5.90. The van der Waals surface area contributed by atoms with E-state index in [0.29, 0.717) is 11.6 Å². The minimum atomic E-state index is -0.597. The molecule has 0 aliphatic carbocycles. The number of nitrogens with one attached hydrogen (secondary N) is 1. The quantitative estimate of drug-likeness (QED) is 0.844. The summed E-state index contributed by atoms with van der Waals surface area (Å²) >= 11 is 5.80. The van der Waals surface area contributed by atoms with Gasteiger partial charge in [0.15, 0.2) is 0 Å². The van der Waals surface area contributed by atoms with E-state index in [-0.39, 0.29) is 18.2 Å². The van der Waals surface area contributed by atoms with Crippen LogP contribution in [0, 0.1) is 5.82 Å². The predicted octanol–water partition coefficient (Wildman–Crippen LogP) is 3.97. The monoisotopic (exact) mass is 363 g/mol. The molecule has 1 saturated heterocycles. The molecule has 0 saturated carbocycles. The number of halogens is 2. The van der Waals surface area contributed by atoms with Gasteiger partial charge in [0.2, 0.25) is 0 Å². The first kappa shape index (κ1) is 17.7. The van der Waals surface area contributed by atoms with E-state index >= 15 is 0 Å². The second-order valence-corrected chi connectivity index (χ2v) is 6.33. The van der Waals surface area contributed by atoms with Crippen molar-refractivity contribution in [2.45, 2.75) is 25.5 Å². The Morgan fingerprint density at radius 3 is 2.80 bits per heavy atom. The minimum absolute atomic E-state index is 0.0657. The van der Waals surface area contributed by atoms with Gasteiger partial charge in [0.25, 0.3) is 5.91 Å². The summed E-state index contributed by atoms with van der Waals surface area (Å²) in [5, 5.41) is 3.00. The van der Waals surface area contributed by atoms with Crippen LogP contribution in [0.3, 0.4) is 0 Å². The first-order valence-corrected chi connectivity index (χ1v) is 8.56. The average molecular weight is 364 g/mol. The largest absolute Gasteiger partial charge is 0.491 e. The zero-order valence-electron chi connectivity index (χ0n) is 13.6. The number of rotatable bonds is 6. The number of amides is 1. The summed E-state index contributed by atoms with van der Waals surface area (Å²) in [6.07, 6.45) is 2.29.